The maximum atomic E-state index is 10.9. The molecule has 0 aliphatic carbocycles. The first-order valence-electron chi connectivity index (χ1n) is 5.24. The lowest BCUT2D eigenvalue weighted by molar-refractivity contribution is -0.387. The van der Waals surface area contributed by atoms with Crippen LogP contribution in [0.15, 0.2) is 47.5 Å². The molecule has 2 aromatic rings. The largest absolute Gasteiger partial charge is 0.383 e. The van der Waals surface area contributed by atoms with Gasteiger partial charge in [0.1, 0.15) is 5.82 Å². The minimum Gasteiger partial charge on any atom is -0.383 e. The van der Waals surface area contributed by atoms with Gasteiger partial charge in [-0.1, -0.05) is 18.2 Å². The number of nitrogens with zero attached hydrogens (tertiary/aromatic N) is 2. The molecule has 0 radical (unpaired) electrons. The van der Waals surface area contributed by atoms with E-state index in [1.54, 1.807) is 30.5 Å². The van der Waals surface area contributed by atoms with Crippen LogP contribution in [0.25, 0.3) is 0 Å². The number of aromatic nitrogens is 1. The number of para-hydroxylation sites is 1. The van der Waals surface area contributed by atoms with Gasteiger partial charge >= 0.3 is 0 Å². The molecule has 0 aliphatic rings. The van der Waals surface area contributed by atoms with E-state index in [1.165, 1.54) is 17.8 Å². The summed E-state index contributed by atoms with van der Waals surface area (Å²) in [6.07, 6.45) is 1.62. The highest BCUT2D eigenvalue weighted by molar-refractivity contribution is 7.98. The molecule has 92 valence electrons. The second kappa shape index (κ2) is 5.50. The zero-order valence-electron chi connectivity index (χ0n) is 9.45. The molecule has 2 rings (SSSR count). The number of nitro groups is 1. The van der Waals surface area contributed by atoms with Gasteiger partial charge in [0, 0.05) is 23.6 Å². The van der Waals surface area contributed by atoms with Crippen LogP contribution in [0.5, 0.6) is 0 Å². The molecule has 0 amide bonds. The van der Waals surface area contributed by atoms with Gasteiger partial charge in [-0.25, -0.2) is 4.98 Å². The molecule has 2 N–H and O–H groups in total. The number of anilines is 1. The molecule has 0 saturated carbocycles. The van der Waals surface area contributed by atoms with Crippen LogP contribution in [-0.2, 0) is 5.75 Å². The second-order valence-corrected chi connectivity index (χ2v) is 4.58. The minimum absolute atomic E-state index is 0.116. The van der Waals surface area contributed by atoms with Crippen molar-refractivity contribution in [3.8, 4) is 0 Å². The lowest BCUT2D eigenvalue weighted by atomic mass is 10.3. The standard InChI is InChI=1S/C12H11N3O2S/c13-12-9(4-3-7-14-12)8-18-11-6-2-1-5-10(11)15(16)17/h1-7H,8H2,(H2,13,14). The first kappa shape index (κ1) is 12.4. The van der Waals surface area contributed by atoms with E-state index < -0.39 is 0 Å². The number of thioether (sulfide) groups is 1. The number of benzene rings is 1. The molecule has 5 nitrogen and oxygen atoms in total. The monoisotopic (exact) mass is 261 g/mol. The Hall–Kier alpha value is -2.08. The second-order valence-electron chi connectivity index (χ2n) is 3.56. The van der Waals surface area contributed by atoms with Crippen molar-refractivity contribution in [2.24, 2.45) is 0 Å². The third-order valence-electron chi connectivity index (χ3n) is 2.37. The molecule has 0 saturated heterocycles. The summed E-state index contributed by atoms with van der Waals surface area (Å²) in [5, 5.41) is 10.9. The van der Waals surface area contributed by atoms with Gasteiger partial charge in [-0.2, -0.15) is 0 Å². The number of hydrogen-bond donors (Lipinski definition) is 1. The Balaban J connectivity index is 2.16. The van der Waals surface area contributed by atoms with E-state index in [2.05, 4.69) is 4.98 Å². The van der Waals surface area contributed by atoms with Gasteiger partial charge in [-0.3, -0.25) is 10.1 Å². The fourth-order valence-corrected chi connectivity index (χ4v) is 2.48. The first-order valence-corrected chi connectivity index (χ1v) is 6.22. The third kappa shape index (κ3) is 2.78. The molecular weight excluding hydrogens is 250 g/mol. The summed E-state index contributed by atoms with van der Waals surface area (Å²) in [4.78, 5) is 15.1. The van der Waals surface area contributed by atoms with E-state index in [1.807, 2.05) is 6.07 Å². The molecule has 18 heavy (non-hydrogen) atoms. The third-order valence-corrected chi connectivity index (χ3v) is 3.48. The number of nitro benzene ring substituents is 1. The summed E-state index contributed by atoms with van der Waals surface area (Å²) in [6.45, 7) is 0. The fraction of sp³-hybridized carbons (Fsp3) is 0.0833. The molecule has 1 aromatic heterocycles. The van der Waals surface area contributed by atoms with Crippen LogP contribution in [0, 0.1) is 10.1 Å². The van der Waals surface area contributed by atoms with Crippen molar-refractivity contribution in [1.82, 2.24) is 4.98 Å². The van der Waals surface area contributed by atoms with E-state index in [0.717, 1.165) is 5.56 Å². The summed E-state index contributed by atoms with van der Waals surface area (Å²) in [6, 6.07) is 10.3. The molecule has 1 heterocycles. The predicted molar refractivity (Wildman–Crippen MR) is 71.3 cm³/mol. The van der Waals surface area contributed by atoms with Gasteiger partial charge in [0.2, 0.25) is 0 Å². The molecule has 0 unspecified atom stereocenters. The molecule has 0 fully saturated rings. The highest BCUT2D eigenvalue weighted by Crippen LogP contribution is 2.31. The molecule has 0 aliphatic heterocycles. The first-order chi connectivity index (χ1) is 8.68. The fourth-order valence-electron chi connectivity index (χ4n) is 1.46. The highest BCUT2D eigenvalue weighted by atomic mass is 32.2. The van der Waals surface area contributed by atoms with Gasteiger partial charge in [0.25, 0.3) is 5.69 Å². The highest BCUT2D eigenvalue weighted by Gasteiger charge is 2.13. The zero-order chi connectivity index (χ0) is 13.0. The van der Waals surface area contributed by atoms with E-state index in [4.69, 9.17) is 5.73 Å². The Bertz CT molecular complexity index is 575. The quantitative estimate of drug-likeness (QED) is 0.520. The van der Waals surface area contributed by atoms with Crippen LogP contribution >= 0.6 is 11.8 Å². The Morgan fingerprint density at radius 2 is 2.06 bits per heavy atom. The minimum atomic E-state index is -0.380. The van der Waals surface area contributed by atoms with Crippen LogP contribution in [0.2, 0.25) is 0 Å². The molecule has 0 atom stereocenters. The van der Waals surface area contributed by atoms with Crippen molar-refractivity contribution < 1.29 is 4.92 Å². The Morgan fingerprint density at radius 3 is 2.78 bits per heavy atom. The average Bonchev–Trinajstić information content (AvgIpc) is 2.38. The van der Waals surface area contributed by atoms with Crippen LogP contribution in [-0.4, -0.2) is 9.91 Å². The molecule has 0 spiro atoms. The summed E-state index contributed by atoms with van der Waals surface area (Å²) >= 11 is 1.38. The maximum Gasteiger partial charge on any atom is 0.282 e. The van der Waals surface area contributed by atoms with Gasteiger partial charge in [-0.05, 0) is 12.1 Å². The number of pyridine rings is 1. The topological polar surface area (TPSA) is 82.0 Å². The Morgan fingerprint density at radius 1 is 1.28 bits per heavy atom. The Kier molecular flexibility index (Phi) is 3.78. The van der Waals surface area contributed by atoms with Gasteiger partial charge < -0.3 is 5.73 Å². The SMILES string of the molecule is Nc1ncccc1CSc1ccccc1[N+](=O)[O-]. The van der Waals surface area contributed by atoms with Crippen molar-refractivity contribution in [3.05, 3.63) is 58.3 Å². The summed E-state index contributed by atoms with van der Waals surface area (Å²) in [5.74, 6) is 1.02. The van der Waals surface area contributed by atoms with Gasteiger partial charge in [0.05, 0.1) is 9.82 Å². The van der Waals surface area contributed by atoms with Crippen LogP contribution in [0.4, 0.5) is 11.5 Å². The van der Waals surface area contributed by atoms with E-state index >= 15 is 0 Å². The lowest BCUT2D eigenvalue weighted by Gasteiger charge is -2.04. The van der Waals surface area contributed by atoms with E-state index in [9.17, 15) is 10.1 Å². The van der Waals surface area contributed by atoms with Crippen molar-refractivity contribution in [1.29, 1.82) is 0 Å². The van der Waals surface area contributed by atoms with Crippen LogP contribution in [0.3, 0.4) is 0 Å². The van der Waals surface area contributed by atoms with Crippen LogP contribution in [0.1, 0.15) is 5.56 Å². The number of hydrogen-bond acceptors (Lipinski definition) is 5. The molecular formula is C12H11N3O2S. The van der Waals surface area contributed by atoms with Crippen LogP contribution < -0.4 is 5.73 Å². The van der Waals surface area contributed by atoms with E-state index in [0.29, 0.717) is 16.5 Å². The predicted octanol–water partition coefficient (Wildman–Crippen LogP) is 2.86. The smallest absolute Gasteiger partial charge is 0.282 e. The van der Waals surface area contributed by atoms with Crippen molar-refractivity contribution >= 4 is 23.3 Å². The summed E-state index contributed by atoms with van der Waals surface area (Å²) < 4.78 is 0. The molecule has 1 aromatic carbocycles. The van der Waals surface area contributed by atoms with Gasteiger partial charge in [-0.15, -0.1) is 11.8 Å². The van der Waals surface area contributed by atoms with Gasteiger partial charge in [0.15, 0.2) is 0 Å². The van der Waals surface area contributed by atoms with Crippen molar-refractivity contribution in [3.63, 3.8) is 0 Å². The summed E-state index contributed by atoms with van der Waals surface area (Å²) in [7, 11) is 0. The van der Waals surface area contributed by atoms with Crippen molar-refractivity contribution in [2.45, 2.75) is 10.6 Å². The zero-order valence-corrected chi connectivity index (χ0v) is 10.3. The number of nitrogens with two attached hydrogens (primary N) is 1. The lowest BCUT2D eigenvalue weighted by Crippen LogP contribution is -1.96. The number of rotatable bonds is 4. The van der Waals surface area contributed by atoms with Crippen molar-refractivity contribution in [2.75, 3.05) is 5.73 Å². The number of nitrogen functional groups attached to an aromatic ring is 1. The Labute approximate surface area is 108 Å². The molecule has 6 heteroatoms. The average molecular weight is 261 g/mol. The van der Waals surface area contributed by atoms with E-state index in [-0.39, 0.29) is 10.6 Å². The molecule has 0 bridgehead atoms. The summed E-state index contributed by atoms with van der Waals surface area (Å²) in [5.41, 5.74) is 6.72. The normalized spacial score (nSPS) is 10.2. The maximum absolute atomic E-state index is 10.9.